The van der Waals surface area contributed by atoms with Crippen LogP contribution in [0.4, 0.5) is 4.79 Å². The highest BCUT2D eigenvalue weighted by atomic mass is 16.6. The fourth-order valence-corrected chi connectivity index (χ4v) is 2.18. The van der Waals surface area contributed by atoms with E-state index < -0.39 is 0 Å². The molecule has 1 unspecified atom stereocenters. The van der Waals surface area contributed by atoms with Crippen molar-refractivity contribution in [3.63, 3.8) is 0 Å². The van der Waals surface area contributed by atoms with E-state index in [0.717, 1.165) is 25.1 Å². The highest BCUT2D eigenvalue weighted by Gasteiger charge is 2.22. The van der Waals surface area contributed by atoms with E-state index in [1.165, 1.54) is 5.57 Å². The third kappa shape index (κ3) is 3.04. The van der Waals surface area contributed by atoms with Gasteiger partial charge >= 0.3 is 6.09 Å². The molecular formula is C13H20N2O3. The first-order chi connectivity index (χ1) is 8.70. The summed E-state index contributed by atoms with van der Waals surface area (Å²) in [7, 11) is 1.59. The Kier molecular flexibility index (Phi) is 4.25. The van der Waals surface area contributed by atoms with Crippen LogP contribution >= 0.6 is 0 Å². The largest absolute Gasteiger partial charge is 0.444 e. The molecule has 0 radical (unpaired) electrons. The number of ether oxygens (including phenoxy) is 2. The van der Waals surface area contributed by atoms with E-state index in [0.29, 0.717) is 13.2 Å². The Morgan fingerprint density at radius 3 is 3.22 bits per heavy atom. The van der Waals surface area contributed by atoms with Crippen LogP contribution in [0.3, 0.4) is 0 Å². The van der Waals surface area contributed by atoms with Gasteiger partial charge in [0.15, 0.2) is 0 Å². The first-order valence-corrected chi connectivity index (χ1v) is 6.31. The maximum absolute atomic E-state index is 11.9. The SMILES string of the molecule is COCC(C)OC(=O)N1C=CC2=C(CCCN2)C1. The predicted octanol–water partition coefficient (Wildman–Crippen LogP) is 1.62. The van der Waals surface area contributed by atoms with Crippen LogP contribution in [0, 0.1) is 0 Å². The van der Waals surface area contributed by atoms with Gasteiger partial charge in [-0.1, -0.05) is 0 Å². The van der Waals surface area contributed by atoms with Crippen molar-refractivity contribution in [2.75, 3.05) is 26.8 Å². The smallest absolute Gasteiger partial charge is 0.414 e. The van der Waals surface area contributed by atoms with Crippen molar-refractivity contribution in [2.45, 2.75) is 25.9 Å². The summed E-state index contributed by atoms with van der Waals surface area (Å²) >= 11 is 0. The number of methoxy groups -OCH3 is 1. The molecule has 0 aliphatic carbocycles. The number of hydrogen-bond acceptors (Lipinski definition) is 4. The Labute approximate surface area is 107 Å². The molecule has 0 aromatic rings. The summed E-state index contributed by atoms with van der Waals surface area (Å²) < 4.78 is 10.2. The van der Waals surface area contributed by atoms with Crippen LogP contribution in [0.5, 0.6) is 0 Å². The van der Waals surface area contributed by atoms with Gasteiger partial charge in [0, 0.05) is 25.6 Å². The Morgan fingerprint density at radius 2 is 2.44 bits per heavy atom. The lowest BCUT2D eigenvalue weighted by atomic mass is 10.0. The zero-order valence-corrected chi connectivity index (χ0v) is 10.9. The zero-order valence-electron chi connectivity index (χ0n) is 10.9. The van der Waals surface area contributed by atoms with Gasteiger partial charge < -0.3 is 14.8 Å². The number of nitrogens with zero attached hydrogens (tertiary/aromatic N) is 1. The van der Waals surface area contributed by atoms with Crippen LogP contribution in [0.2, 0.25) is 0 Å². The van der Waals surface area contributed by atoms with Gasteiger partial charge in [-0.2, -0.15) is 0 Å². The molecule has 1 amide bonds. The maximum Gasteiger partial charge on any atom is 0.414 e. The highest BCUT2D eigenvalue weighted by molar-refractivity contribution is 5.70. The van der Waals surface area contributed by atoms with Crippen molar-refractivity contribution in [1.29, 1.82) is 0 Å². The van der Waals surface area contributed by atoms with Crippen molar-refractivity contribution < 1.29 is 14.3 Å². The van der Waals surface area contributed by atoms with Gasteiger partial charge in [0.2, 0.25) is 0 Å². The van der Waals surface area contributed by atoms with E-state index in [1.807, 2.05) is 13.0 Å². The van der Waals surface area contributed by atoms with Gasteiger partial charge in [-0.05, 0) is 31.4 Å². The summed E-state index contributed by atoms with van der Waals surface area (Å²) in [6, 6.07) is 0. The first kappa shape index (κ1) is 13.0. The molecular weight excluding hydrogens is 232 g/mol. The summed E-state index contributed by atoms with van der Waals surface area (Å²) in [5.41, 5.74) is 2.44. The molecule has 1 atom stereocenters. The van der Waals surface area contributed by atoms with Crippen molar-refractivity contribution in [3.05, 3.63) is 23.5 Å². The summed E-state index contributed by atoms with van der Waals surface area (Å²) in [4.78, 5) is 13.5. The molecule has 1 N–H and O–H groups in total. The lowest BCUT2D eigenvalue weighted by Gasteiger charge is -2.29. The second kappa shape index (κ2) is 5.91. The maximum atomic E-state index is 11.9. The molecule has 18 heavy (non-hydrogen) atoms. The molecule has 5 nitrogen and oxygen atoms in total. The summed E-state index contributed by atoms with van der Waals surface area (Å²) in [6.07, 6.45) is 5.35. The minimum Gasteiger partial charge on any atom is -0.444 e. The van der Waals surface area contributed by atoms with Crippen LogP contribution in [0.1, 0.15) is 19.8 Å². The number of nitrogens with one attached hydrogen (secondary N) is 1. The Balaban J connectivity index is 1.90. The van der Waals surface area contributed by atoms with E-state index in [4.69, 9.17) is 9.47 Å². The third-order valence-corrected chi connectivity index (χ3v) is 3.07. The summed E-state index contributed by atoms with van der Waals surface area (Å²) in [5.74, 6) is 0. The van der Waals surface area contributed by atoms with Gasteiger partial charge in [-0.3, -0.25) is 4.90 Å². The molecule has 0 aromatic carbocycles. The topological polar surface area (TPSA) is 50.8 Å². The van der Waals surface area contributed by atoms with Gasteiger partial charge in [-0.15, -0.1) is 0 Å². The molecule has 0 aromatic heterocycles. The van der Waals surface area contributed by atoms with Gasteiger partial charge in [0.25, 0.3) is 0 Å². The number of carbonyl (C=O) groups excluding carboxylic acids is 1. The molecule has 5 heteroatoms. The quantitative estimate of drug-likeness (QED) is 0.829. The average Bonchev–Trinajstić information content (AvgIpc) is 2.38. The van der Waals surface area contributed by atoms with Crippen LogP contribution in [-0.2, 0) is 9.47 Å². The fraction of sp³-hybridized carbons (Fsp3) is 0.615. The van der Waals surface area contributed by atoms with Crippen molar-refractivity contribution >= 4 is 6.09 Å². The normalized spacial score (nSPS) is 20.2. The standard InChI is InChI=1S/C13H20N2O3/c1-10(9-17-2)18-13(16)15-7-5-12-11(8-15)4-3-6-14-12/h5,7,10,14H,3-4,6,8-9H2,1-2H3. The second-order valence-electron chi connectivity index (χ2n) is 4.64. The number of amides is 1. The number of carbonyl (C=O) groups is 1. The lowest BCUT2D eigenvalue weighted by Crippen LogP contribution is -2.36. The molecule has 0 bridgehead atoms. The van der Waals surface area contributed by atoms with E-state index >= 15 is 0 Å². The first-order valence-electron chi connectivity index (χ1n) is 6.31. The Bertz CT molecular complexity index is 376. The number of rotatable bonds is 3. The average molecular weight is 252 g/mol. The fourth-order valence-electron chi connectivity index (χ4n) is 2.18. The van der Waals surface area contributed by atoms with Crippen LogP contribution in [-0.4, -0.2) is 43.9 Å². The highest BCUT2D eigenvalue weighted by Crippen LogP contribution is 2.21. The van der Waals surface area contributed by atoms with E-state index in [1.54, 1.807) is 18.2 Å². The monoisotopic (exact) mass is 252 g/mol. The lowest BCUT2D eigenvalue weighted by molar-refractivity contribution is 0.0358. The molecule has 2 aliphatic rings. The van der Waals surface area contributed by atoms with Gasteiger partial charge in [0.1, 0.15) is 6.10 Å². The van der Waals surface area contributed by atoms with Crippen LogP contribution < -0.4 is 5.32 Å². The molecule has 0 saturated heterocycles. The minimum absolute atomic E-state index is 0.226. The molecule has 100 valence electrons. The summed E-state index contributed by atoms with van der Waals surface area (Å²) in [6.45, 7) is 3.87. The van der Waals surface area contributed by atoms with Crippen LogP contribution in [0.15, 0.2) is 23.5 Å². The summed E-state index contributed by atoms with van der Waals surface area (Å²) in [5, 5.41) is 3.34. The Morgan fingerprint density at radius 1 is 1.61 bits per heavy atom. The van der Waals surface area contributed by atoms with Crippen LogP contribution in [0.25, 0.3) is 0 Å². The molecule has 2 heterocycles. The van der Waals surface area contributed by atoms with Gasteiger partial charge in [0.05, 0.1) is 13.2 Å². The van der Waals surface area contributed by atoms with Crippen molar-refractivity contribution in [2.24, 2.45) is 0 Å². The molecule has 2 aliphatic heterocycles. The second-order valence-corrected chi connectivity index (χ2v) is 4.64. The van der Waals surface area contributed by atoms with Gasteiger partial charge in [-0.25, -0.2) is 4.79 Å². The van der Waals surface area contributed by atoms with E-state index in [-0.39, 0.29) is 12.2 Å². The number of hydrogen-bond donors (Lipinski definition) is 1. The number of allylic oxidation sites excluding steroid dienone is 1. The van der Waals surface area contributed by atoms with Crippen molar-refractivity contribution in [1.82, 2.24) is 10.2 Å². The minimum atomic E-state index is -0.312. The molecule has 0 fully saturated rings. The van der Waals surface area contributed by atoms with E-state index in [2.05, 4.69) is 5.32 Å². The molecule has 0 spiro atoms. The van der Waals surface area contributed by atoms with Crippen molar-refractivity contribution in [3.8, 4) is 0 Å². The molecule has 0 saturated carbocycles. The van der Waals surface area contributed by atoms with E-state index in [9.17, 15) is 4.79 Å². The predicted molar refractivity (Wildman–Crippen MR) is 67.9 cm³/mol. The third-order valence-electron chi connectivity index (χ3n) is 3.07. The zero-order chi connectivity index (χ0) is 13.0. The molecule has 2 rings (SSSR count). The Hall–Kier alpha value is -1.49.